The highest BCUT2D eigenvalue weighted by Crippen LogP contribution is 2.29. The largest absolute Gasteiger partial charge is 0.493 e. The van der Waals surface area contributed by atoms with Gasteiger partial charge in [0.05, 0.1) is 17.5 Å². The minimum absolute atomic E-state index is 0.0869. The van der Waals surface area contributed by atoms with E-state index >= 15 is 0 Å². The number of aromatic nitrogens is 1. The van der Waals surface area contributed by atoms with Crippen molar-refractivity contribution in [2.75, 3.05) is 7.11 Å². The van der Waals surface area contributed by atoms with Crippen LogP contribution in [0.1, 0.15) is 31.2 Å². The van der Waals surface area contributed by atoms with E-state index in [4.69, 9.17) is 9.47 Å². The summed E-state index contributed by atoms with van der Waals surface area (Å²) in [5, 5.41) is 3.47. The lowest BCUT2D eigenvalue weighted by molar-refractivity contribution is 0.286. The molecule has 1 heterocycles. The molecule has 5 heteroatoms. The number of nitrogens with zero attached hydrogens (tertiary/aromatic N) is 1. The molecule has 0 amide bonds. The van der Waals surface area contributed by atoms with E-state index in [1.807, 2.05) is 18.3 Å². The smallest absolute Gasteiger partial charge is 0.162 e. The van der Waals surface area contributed by atoms with Gasteiger partial charge in [0, 0.05) is 18.3 Å². The van der Waals surface area contributed by atoms with Crippen LogP contribution in [0.2, 0.25) is 0 Å². The maximum Gasteiger partial charge on any atom is 0.162 e. The van der Waals surface area contributed by atoms with Gasteiger partial charge in [-0.25, -0.2) is 0 Å². The summed E-state index contributed by atoms with van der Waals surface area (Å²) in [4.78, 5) is 5.14. The highest BCUT2D eigenvalue weighted by Gasteiger charge is 2.11. The zero-order chi connectivity index (χ0) is 15.3. The minimum Gasteiger partial charge on any atom is -0.493 e. The van der Waals surface area contributed by atoms with Gasteiger partial charge in [-0.2, -0.15) is 0 Å². The summed E-state index contributed by atoms with van der Waals surface area (Å²) in [6.07, 6.45) is 1.82. The Balaban J connectivity index is 2.06. The Labute approximate surface area is 130 Å². The first-order valence-electron chi connectivity index (χ1n) is 6.90. The van der Waals surface area contributed by atoms with Gasteiger partial charge in [-0.3, -0.25) is 4.98 Å². The van der Waals surface area contributed by atoms with Crippen molar-refractivity contribution in [1.82, 2.24) is 10.3 Å². The number of ether oxygens (including phenoxy) is 2. The molecule has 2 rings (SSSR count). The van der Waals surface area contributed by atoms with E-state index < -0.39 is 0 Å². The molecule has 0 aliphatic rings. The Kier molecular flexibility index (Phi) is 5.20. The molecular weight excluding hydrogens is 284 g/mol. The summed E-state index contributed by atoms with van der Waals surface area (Å²) in [5.74, 6) is 1.51. The summed E-state index contributed by atoms with van der Waals surface area (Å²) in [7, 11) is 1.65. The number of hydrogen-bond donors (Lipinski definition) is 1. The summed E-state index contributed by atoms with van der Waals surface area (Å²) >= 11 is 1.58. The molecule has 1 N–H and O–H groups in total. The first-order valence-corrected chi connectivity index (χ1v) is 7.78. The Hall–Kier alpha value is -1.59. The lowest BCUT2D eigenvalue weighted by Crippen LogP contribution is -2.35. The summed E-state index contributed by atoms with van der Waals surface area (Å²) < 4.78 is 11.2. The molecule has 0 spiro atoms. The van der Waals surface area contributed by atoms with Gasteiger partial charge in [-0.1, -0.05) is 6.07 Å². The summed E-state index contributed by atoms with van der Waals surface area (Å²) in [6, 6.07) is 6.03. The second-order valence-corrected chi connectivity index (χ2v) is 6.82. The fourth-order valence-corrected chi connectivity index (χ4v) is 2.28. The van der Waals surface area contributed by atoms with Gasteiger partial charge in [0.25, 0.3) is 0 Å². The number of rotatable bonds is 6. The van der Waals surface area contributed by atoms with Crippen molar-refractivity contribution in [3.05, 3.63) is 40.3 Å². The molecule has 0 aliphatic carbocycles. The fraction of sp³-hybridized carbons (Fsp3) is 0.438. The maximum atomic E-state index is 5.86. The van der Waals surface area contributed by atoms with Crippen molar-refractivity contribution >= 4 is 11.3 Å². The maximum absolute atomic E-state index is 5.86. The third-order valence-corrected chi connectivity index (χ3v) is 3.66. The SMILES string of the molecule is COc1ccc(CNC(C)(C)C)cc1OCc1cncs1. The number of thiazole rings is 1. The van der Waals surface area contributed by atoms with Crippen LogP contribution in [0.3, 0.4) is 0 Å². The molecule has 1 aromatic heterocycles. The first kappa shape index (κ1) is 15.8. The Morgan fingerprint density at radius 3 is 2.67 bits per heavy atom. The molecular formula is C16H22N2O2S. The third-order valence-electron chi connectivity index (χ3n) is 2.90. The van der Waals surface area contributed by atoms with Crippen molar-refractivity contribution in [2.24, 2.45) is 0 Å². The summed E-state index contributed by atoms with van der Waals surface area (Å²) in [5.41, 5.74) is 3.06. The normalized spacial score (nSPS) is 11.4. The predicted molar refractivity (Wildman–Crippen MR) is 86.0 cm³/mol. The number of nitrogens with one attached hydrogen (secondary N) is 1. The zero-order valence-electron chi connectivity index (χ0n) is 13.0. The van der Waals surface area contributed by atoms with Crippen LogP contribution in [-0.2, 0) is 13.2 Å². The molecule has 2 aromatic rings. The van der Waals surface area contributed by atoms with Crippen LogP contribution < -0.4 is 14.8 Å². The predicted octanol–water partition coefficient (Wildman–Crippen LogP) is 3.62. The van der Waals surface area contributed by atoms with Gasteiger partial charge in [0.1, 0.15) is 6.61 Å². The molecule has 114 valence electrons. The van der Waals surface area contributed by atoms with E-state index in [-0.39, 0.29) is 5.54 Å². The quantitative estimate of drug-likeness (QED) is 0.885. The molecule has 0 fully saturated rings. The fourth-order valence-electron chi connectivity index (χ4n) is 1.77. The van der Waals surface area contributed by atoms with E-state index in [9.17, 15) is 0 Å². The topological polar surface area (TPSA) is 43.4 Å². The van der Waals surface area contributed by atoms with Crippen LogP contribution in [0.15, 0.2) is 29.9 Å². The number of benzene rings is 1. The van der Waals surface area contributed by atoms with Crippen LogP contribution in [0.4, 0.5) is 0 Å². The van der Waals surface area contributed by atoms with Gasteiger partial charge in [0.2, 0.25) is 0 Å². The van der Waals surface area contributed by atoms with Crippen molar-refractivity contribution in [1.29, 1.82) is 0 Å². The van der Waals surface area contributed by atoms with E-state index in [0.717, 1.165) is 22.9 Å². The van der Waals surface area contributed by atoms with E-state index in [0.29, 0.717) is 6.61 Å². The monoisotopic (exact) mass is 306 g/mol. The van der Waals surface area contributed by atoms with Crippen LogP contribution >= 0.6 is 11.3 Å². The minimum atomic E-state index is 0.0869. The average Bonchev–Trinajstić information content (AvgIpc) is 2.95. The van der Waals surface area contributed by atoms with Gasteiger partial charge in [-0.15, -0.1) is 11.3 Å². The molecule has 0 aliphatic heterocycles. The number of methoxy groups -OCH3 is 1. The molecule has 0 atom stereocenters. The van der Waals surface area contributed by atoms with Crippen molar-refractivity contribution in [3.8, 4) is 11.5 Å². The van der Waals surface area contributed by atoms with Crippen molar-refractivity contribution in [2.45, 2.75) is 39.5 Å². The highest BCUT2D eigenvalue weighted by atomic mass is 32.1. The first-order chi connectivity index (χ1) is 9.98. The van der Waals surface area contributed by atoms with Crippen LogP contribution in [0.25, 0.3) is 0 Å². The molecule has 4 nitrogen and oxygen atoms in total. The number of hydrogen-bond acceptors (Lipinski definition) is 5. The highest BCUT2D eigenvalue weighted by molar-refractivity contribution is 7.09. The van der Waals surface area contributed by atoms with Gasteiger partial charge in [0.15, 0.2) is 11.5 Å². The molecule has 0 saturated carbocycles. The second-order valence-electron chi connectivity index (χ2n) is 5.85. The Bertz CT molecular complexity index is 562. The summed E-state index contributed by atoms with van der Waals surface area (Å²) in [6.45, 7) is 7.76. The third kappa shape index (κ3) is 5.02. The van der Waals surface area contributed by atoms with Gasteiger partial charge >= 0.3 is 0 Å². The van der Waals surface area contributed by atoms with Crippen molar-refractivity contribution in [3.63, 3.8) is 0 Å². The lowest BCUT2D eigenvalue weighted by Gasteiger charge is -2.21. The van der Waals surface area contributed by atoms with Crippen LogP contribution in [-0.4, -0.2) is 17.6 Å². The van der Waals surface area contributed by atoms with Crippen LogP contribution in [0, 0.1) is 0 Å². The van der Waals surface area contributed by atoms with E-state index in [2.05, 4.69) is 37.1 Å². The molecule has 21 heavy (non-hydrogen) atoms. The van der Waals surface area contributed by atoms with Gasteiger partial charge < -0.3 is 14.8 Å². The van der Waals surface area contributed by atoms with E-state index in [1.165, 1.54) is 5.56 Å². The molecule has 0 radical (unpaired) electrons. The second kappa shape index (κ2) is 6.91. The Morgan fingerprint density at radius 1 is 1.24 bits per heavy atom. The van der Waals surface area contributed by atoms with Crippen molar-refractivity contribution < 1.29 is 9.47 Å². The molecule has 0 bridgehead atoms. The molecule has 0 saturated heterocycles. The zero-order valence-corrected chi connectivity index (χ0v) is 13.8. The average molecular weight is 306 g/mol. The Morgan fingerprint density at radius 2 is 2.05 bits per heavy atom. The van der Waals surface area contributed by atoms with Crippen LogP contribution in [0.5, 0.6) is 11.5 Å². The molecule has 1 aromatic carbocycles. The lowest BCUT2D eigenvalue weighted by atomic mass is 10.1. The molecule has 0 unspecified atom stereocenters. The standard InChI is InChI=1S/C16H22N2O2S/c1-16(2,3)18-8-12-5-6-14(19-4)15(7-12)20-10-13-9-17-11-21-13/h5-7,9,11,18H,8,10H2,1-4H3. The van der Waals surface area contributed by atoms with Gasteiger partial charge in [-0.05, 0) is 38.5 Å². The van der Waals surface area contributed by atoms with E-state index in [1.54, 1.807) is 24.0 Å².